The lowest BCUT2D eigenvalue weighted by molar-refractivity contribution is -0.129. The quantitative estimate of drug-likeness (QED) is 0.668. The van der Waals surface area contributed by atoms with E-state index in [1.165, 1.54) is 0 Å². The van der Waals surface area contributed by atoms with Crippen LogP contribution in [0.5, 0.6) is 0 Å². The predicted molar refractivity (Wildman–Crippen MR) is 73.0 cm³/mol. The standard InChI is InChI=1S/C14H26N2O3/c1-14(5-7-15-11-14)13(17)16-6-3-8-18-10-12-4-2-9-19-12/h12,15H,2-11H2,1H3,(H,16,17). The molecule has 0 aromatic heterocycles. The van der Waals surface area contributed by atoms with E-state index in [2.05, 4.69) is 10.6 Å². The second-order valence-electron chi connectivity index (χ2n) is 5.81. The molecule has 19 heavy (non-hydrogen) atoms. The molecule has 2 aliphatic heterocycles. The van der Waals surface area contributed by atoms with Gasteiger partial charge in [0.2, 0.25) is 5.91 Å². The summed E-state index contributed by atoms with van der Waals surface area (Å²) in [6.07, 6.45) is 4.34. The van der Waals surface area contributed by atoms with E-state index in [1.54, 1.807) is 0 Å². The molecule has 110 valence electrons. The van der Waals surface area contributed by atoms with E-state index in [0.29, 0.717) is 19.8 Å². The number of rotatable bonds is 7. The van der Waals surface area contributed by atoms with E-state index in [0.717, 1.165) is 45.4 Å². The van der Waals surface area contributed by atoms with Gasteiger partial charge in [0, 0.05) is 26.3 Å². The van der Waals surface area contributed by atoms with Crippen LogP contribution in [0.4, 0.5) is 0 Å². The SMILES string of the molecule is CC1(C(=O)NCCCOCC2CCCO2)CCNC1. The normalized spacial score (nSPS) is 30.7. The smallest absolute Gasteiger partial charge is 0.227 e. The van der Waals surface area contributed by atoms with Gasteiger partial charge in [0.1, 0.15) is 0 Å². The van der Waals surface area contributed by atoms with Crippen LogP contribution in [0.3, 0.4) is 0 Å². The van der Waals surface area contributed by atoms with E-state index in [9.17, 15) is 4.79 Å². The molecule has 0 saturated carbocycles. The van der Waals surface area contributed by atoms with Crippen molar-refractivity contribution < 1.29 is 14.3 Å². The fraction of sp³-hybridized carbons (Fsp3) is 0.929. The van der Waals surface area contributed by atoms with Crippen molar-refractivity contribution in [2.45, 2.75) is 38.7 Å². The summed E-state index contributed by atoms with van der Waals surface area (Å²) in [7, 11) is 0. The van der Waals surface area contributed by atoms with E-state index < -0.39 is 0 Å². The van der Waals surface area contributed by atoms with Gasteiger partial charge in [-0.25, -0.2) is 0 Å². The minimum absolute atomic E-state index is 0.164. The highest BCUT2D eigenvalue weighted by atomic mass is 16.5. The molecular weight excluding hydrogens is 244 g/mol. The Labute approximate surface area is 115 Å². The number of nitrogens with one attached hydrogen (secondary N) is 2. The average molecular weight is 270 g/mol. The summed E-state index contributed by atoms with van der Waals surface area (Å²) in [5.74, 6) is 0.164. The van der Waals surface area contributed by atoms with Crippen LogP contribution in [0, 0.1) is 5.41 Å². The molecule has 2 N–H and O–H groups in total. The Kier molecular flexibility index (Phi) is 5.60. The number of carbonyl (C=O) groups is 1. The van der Waals surface area contributed by atoms with Gasteiger partial charge in [-0.2, -0.15) is 0 Å². The summed E-state index contributed by atoms with van der Waals surface area (Å²) in [6.45, 7) is 6.69. The Balaban J connectivity index is 1.48. The molecule has 0 spiro atoms. The number of amides is 1. The minimum Gasteiger partial charge on any atom is -0.379 e. The maximum atomic E-state index is 12.0. The molecule has 5 nitrogen and oxygen atoms in total. The highest BCUT2D eigenvalue weighted by Crippen LogP contribution is 2.24. The first kappa shape index (κ1) is 14.8. The van der Waals surface area contributed by atoms with E-state index in [4.69, 9.17) is 9.47 Å². The first-order valence-electron chi connectivity index (χ1n) is 7.39. The fourth-order valence-electron chi connectivity index (χ4n) is 2.59. The first-order valence-corrected chi connectivity index (χ1v) is 7.39. The number of ether oxygens (including phenoxy) is 2. The van der Waals surface area contributed by atoms with Crippen LogP contribution >= 0.6 is 0 Å². The zero-order valence-electron chi connectivity index (χ0n) is 11.9. The maximum absolute atomic E-state index is 12.0. The molecule has 0 aromatic carbocycles. The molecule has 1 amide bonds. The van der Waals surface area contributed by atoms with Crippen LogP contribution in [0.2, 0.25) is 0 Å². The van der Waals surface area contributed by atoms with Gasteiger partial charge in [-0.15, -0.1) is 0 Å². The second kappa shape index (κ2) is 7.22. The van der Waals surface area contributed by atoms with Gasteiger partial charge in [0.15, 0.2) is 0 Å². The van der Waals surface area contributed by atoms with Crippen molar-refractivity contribution in [2.75, 3.05) is 39.5 Å². The predicted octanol–water partition coefficient (Wildman–Crippen LogP) is 0.688. The molecule has 2 heterocycles. The molecule has 0 aliphatic carbocycles. The molecule has 0 aromatic rings. The van der Waals surface area contributed by atoms with Crippen molar-refractivity contribution in [3.8, 4) is 0 Å². The van der Waals surface area contributed by atoms with Crippen LogP contribution in [0.15, 0.2) is 0 Å². The van der Waals surface area contributed by atoms with Gasteiger partial charge in [-0.3, -0.25) is 4.79 Å². The number of hydrogen-bond donors (Lipinski definition) is 2. The molecular formula is C14H26N2O3. The lowest BCUT2D eigenvalue weighted by Gasteiger charge is -2.21. The number of hydrogen-bond acceptors (Lipinski definition) is 4. The van der Waals surface area contributed by atoms with Crippen molar-refractivity contribution in [2.24, 2.45) is 5.41 Å². The van der Waals surface area contributed by atoms with Gasteiger partial charge in [-0.1, -0.05) is 0 Å². The zero-order valence-corrected chi connectivity index (χ0v) is 11.9. The summed E-state index contributed by atoms with van der Waals surface area (Å²) in [5, 5.41) is 6.24. The summed E-state index contributed by atoms with van der Waals surface area (Å²) < 4.78 is 11.0. The molecule has 2 aliphatic rings. The topological polar surface area (TPSA) is 59.6 Å². The van der Waals surface area contributed by atoms with Crippen LogP contribution in [0.1, 0.15) is 32.6 Å². The summed E-state index contributed by atoms with van der Waals surface area (Å²) in [6, 6.07) is 0. The zero-order chi connectivity index (χ0) is 13.6. The Morgan fingerprint density at radius 2 is 2.47 bits per heavy atom. The third-order valence-corrected chi connectivity index (χ3v) is 4.00. The third kappa shape index (κ3) is 4.44. The third-order valence-electron chi connectivity index (χ3n) is 4.00. The number of carbonyl (C=O) groups excluding carboxylic acids is 1. The van der Waals surface area contributed by atoms with Gasteiger partial charge in [-0.05, 0) is 39.2 Å². The maximum Gasteiger partial charge on any atom is 0.227 e. The minimum atomic E-state index is -0.224. The Bertz CT molecular complexity index is 284. The van der Waals surface area contributed by atoms with E-state index in [1.807, 2.05) is 6.92 Å². The highest BCUT2D eigenvalue weighted by Gasteiger charge is 2.35. The molecule has 0 bridgehead atoms. The fourth-order valence-corrected chi connectivity index (χ4v) is 2.59. The lowest BCUT2D eigenvalue weighted by Crippen LogP contribution is -2.40. The Morgan fingerprint density at radius 1 is 1.58 bits per heavy atom. The Hall–Kier alpha value is -0.650. The van der Waals surface area contributed by atoms with Crippen LogP contribution < -0.4 is 10.6 Å². The molecule has 2 unspecified atom stereocenters. The van der Waals surface area contributed by atoms with Gasteiger partial charge in [0.25, 0.3) is 0 Å². The van der Waals surface area contributed by atoms with Gasteiger partial charge in [0.05, 0.1) is 18.1 Å². The molecule has 0 radical (unpaired) electrons. The van der Waals surface area contributed by atoms with Crippen molar-refractivity contribution in [3.05, 3.63) is 0 Å². The second-order valence-corrected chi connectivity index (χ2v) is 5.81. The van der Waals surface area contributed by atoms with Crippen LogP contribution in [-0.4, -0.2) is 51.5 Å². The summed E-state index contributed by atoms with van der Waals surface area (Å²) >= 11 is 0. The van der Waals surface area contributed by atoms with E-state index in [-0.39, 0.29) is 17.4 Å². The first-order chi connectivity index (χ1) is 9.21. The van der Waals surface area contributed by atoms with Gasteiger partial charge < -0.3 is 20.1 Å². The molecule has 2 saturated heterocycles. The lowest BCUT2D eigenvalue weighted by atomic mass is 9.89. The molecule has 2 atom stereocenters. The Morgan fingerprint density at radius 3 is 3.16 bits per heavy atom. The van der Waals surface area contributed by atoms with Crippen molar-refractivity contribution in [3.63, 3.8) is 0 Å². The molecule has 2 rings (SSSR count). The van der Waals surface area contributed by atoms with Gasteiger partial charge >= 0.3 is 0 Å². The van der Waals surface area contributed by atoms with Crippen molar-refractivity contribution in [1.82, 2.24) is 10.6 Å². The monoisotopic (exact) mass is 270 g/mol. The van der Waals surface area contributed by atoms with Crippen molar-refractivity contribution >= 4 is 5.91 Å². The van der Waals surface area contributed by atoms with Crippen molar-refractivity contribution in [1.29, 1.82) is 0 Å². The van der Waals surface area contributed by atoms with Crippen LogP contribution in [-0.2, 0) is 14.3 Å². The molecule has 5 heteroatoms. The average Bonchev–Trinajstić information content (AvgIpc) is 3.05. The summed E-state index contributed by atoms with van der Waals surface area (Å²) in [4.78, 5) is 12.0. The largest absolute Gasteiger partial charge is 0.379 e. The highest BCUT2D eigenvalue weighted by molar-refractivity contribution is 5.82. The van der Waals surface area contributed by atoms with Crippen LogP contribution in [0.25, 0.3) is 0 Å². The molecule has 2 fully saturated rings. The summed E-state index contributed by atoms with van der Waals surface area (Å²) in [5.41, 5.74) is -0.224. The van der Waals surface area contributed by atoms with E-state index >= 15 is 0 Å².